The lowest BCUT2D eigenvalue weighted by Crippen LogP contribution is -2.29. The van der Waals surface area contributed by atoms with Crippen LogP contribution in [0.15, 0.2) is 18.2 Å². The molecule has 0 aliphatic rings. The van der Waals surface area contributed by atoms with Crippen LogP contribution < -0.4 is 10.1 Å². The Labute approximate surface area is 176 Å². The predicted molar refractivity (Wildman–Crippen MR) is 120 cm³/mol. The second-order valence-corrected chi connectivity index (χ2v) is 7.26. The average molecular weight is 415 g/mol. The Kier molecular flexibility index (Phi) is 17.8. The normalized spacial score (nSPS) is 10.3. The minimum atomic E-state index is 0.539. The second-order valence-electron chi connectivity index (χ2n) is 6.42. The van der Waals surface area contributed by atoms with E-state index in [1.165, 1.54) is 25.7 Å². The van der Waals surface area contributed by atoms with Gasteiger partial charge in [0.25, 0.3) is 0 Å². The molecule has 27 heavy (non-hydrogen) atoms. The van der Waals surface area contributed by atoms with Gasteiger partial charge in [0.1, 0.15) is 5.75 Å². The van der Waals surface area contributed by atoms with Gasteiger partial charge in [0.15, 0.2) is 0 Å². The standard InChI is InChI=1S/C16H22Cl2N2O.C6H14/c1-3-9-20(10-4-8-19-2)11-5-12-21-16-7-6-14(17)13-15(16)18;1-3-5-6-4-2/h1,6-7,13,19H,4-5,8-12H2,2H3;3-6H2,1-2H3. The lowest BCUT2D eigenvalue weighted by molar-refractivity contribution is 0.249. The molecule has 0 fully saturated rings. The Morgan fingerprint density at radius 1 is 1.07 bits per heavy atom. The first-order valence-electron chi connectivity index (χ1n) is 9.97. The van der Waals surface area contributed by atoms with Crippen LogP contribution in [0, 0.1) is 12.3 Å². The number of hydrogen-bond acceptors (Lipinski definition) is 3. The summed E-state index contributed by atoms with van der Waals surface area (Å²) in [4.78, 5) is 2.25. The maximum absolute atomic E-state index is 6.05. The van der Waals surface area contributed by atoms with Crippen molar-refractivity contribution in [3.63, 3.8) is 0 Å². The van der Waals surface area contributed by atoms with Gasteiger partial charge in [-0.1, -0.05) is 68.7 Å². The van der Waals surface area contributed by atoms with Crippen LogP contribution in [-0.4, -0.2) is 44.7 Å². The first kappa shape index (κ1) is 26.1. The third-order valence-electron chi connectivity index (χ3n) is 3.94. The molecule has 0 bridgehead atoms. The van der Waals surface area contributed by atoms with Crippen molar-refractivity contribution in [3.05, 3.63) is 28.2 Å². The molecule has 3 nitrogen and oxygen atoms in total. The van der Waals surface area contributed by atoms with Gasteiger partial charge in [-0.05, 0) is 44.6 Å². The van der Waals surface area contributed by atoms with Crippen molar-refractivity contribution < 1.29 is 4.74 Å². The number of hydrogen-bond donors (Lipinski definition) is 1. The maximum atomic E-state index is 6.05. The largest absolute Gasteiger partial charge is 0.492 e. The topological polar surface area (TPSA) is 24.5 Å². The summed E-state index contributed by atoms with van der Waals surface area (Å²) in [5, 5.41) is 4.28. The number of halogens is 2. The fourth-order valence-electron chi connectivity index (χ4n) is 2.44. The highest BCUT2D eigenvalue weighted by Gasteiger charge is 2.05. The third kappa shape index (κ3) is 14.8. The second kappa shape index (κ2) is 18.4. The lowest BCUT2D eigenvalue weighted by atomic mass is 10.2. The van der Waals surface area contributed by atoms with E-state index in [1.807, 2.05) is 7.05 Å². The molecule has 154 valence electrons. The molecular weight excluding hydrogens is 379 g/mol. The molecule has 0 aliphatic carbocycles. The summed E-state index contributed by atoms with van der Waals surface area (Å²) in [6.45, 7) is 8.65. The lowest BCUT2D eigenvalue weighted by Gasteiger charge is -2.19. The molecule has 0 saturated heterocycles. The van der Waals surface area contributed by atoms with E-state index in [9.17, 15) is 0 Å². The van der Waals surface area contributed by atoms with Crippen LogP contribution in [0.2, 0.25) is 10.0 Å². The van der Waals surface area contributed by atoms with Gasteiger partial charge in [-0.3, -0.25) is 4.90 Å². The number of benzene rings is 1. The minimum absolute atomic E-state index is 0.539. The summed E-state index contributed by atoms with van der Waals surface area (Å²) in [5.41, 5.74) is 0. The number of rotatable bonds is 13. The highest BCUT2D eigenvalue weighted by molar-refractivity contribution is 6.35. The van der Waals surface area contributed by atoms with E-state index < -0.39 is 0 Å². The molecule has 1 rings (SSSR count). The Balaban J connectivity index is 0.000000972. The van der Waals surface area contributed by atoms with Crippen LogP contribution >= 0.6 is 23.2 Å². The summed E-state index contributed by atoms with van der Waals surface area (Å²) in [6.07, 6.45) is 12.9. The molecule has 0 aromatic heterocycles. The molecule has 0 unspecified atom stereocenters. The average Bonchev–Trinajstić information content (AvgIpc) is 2.65. The van der Waals surface area contributed by atoms with Gasteiger partial charge in [0, 0.05) is 18.1 Å². The molecule has 0 radical (unpaired) electrons. The smallest absolute Gasteiger partial charge is 0.137 e. The fraction of sp³-hybridized carbons (Fsp3) is 0.636. The molecular formula is C22H36Cl2N2O. The van der Waals surface area contributed by atoms with Crippen molar-refractivity contribution in [2.24, 2.45) is 0 Å². The van der Waals surface area contributed by atoms with Crippen molar-refractivity contribution >= 4 is 23.2 Å². The molecule has 0 heterocycles. The van der Waals surface area contributed by atoms with Crippen LogP contribution in [0.5, 0.6) is 5.75 Å². The van der Waals surface area contributed by atoms with Gasteiger partial charge >= 0.3 is 0 Å². The molecule has 1 aromatic carbocycles. The molecule has 1 aromatic rings. The molecule has 0 spiro atoms. The Bertz CT molecular complexity index is 514. The van der Waals surface area contributed by atoms with E-state index >= 15 is 0 Å². The third-order valence-corrected chi connectivity index (χ3v) is 4.47. The number of ether oxygens (including phenoxy) is 1. The van der Waals surface area contributed by atoms with Crippen LogP contribution in [0.25, 0.3) is 0 Å². The first-order valence-corrected chi connectivity index (χ1v) is 10.7. The van der Waals surface area contributed by atoms with E-state index in [0.29, 0.717) is 28.9 Å². The molecule has 1 N–H and O–H groups in total. The van der Waals surface area contributed by atoms with E-state index in [1.54, 1.807) is 18.2 Å². The zero-order chi connectivity index (χ0) is 20.3. The van der Waals surface area contributed by atoms with Crippen LogP contribution in [0.4, 0.5) is 0 Å². The van der Waals surface area contributed by atoms with Gasteiger partial charge < -0.3 is 10.1 Å². The van der Waals surface area contributed by atoms with Gasteiger partial charge in [-0.2, -0.15) is 0 Å². The predicted octanol–water partition coefficient (Wildman–Crippen LogP) is 5.89. The van der Waals surface area contributed by atoms with Crippen molar-refractivity contribution in [2.75, 3.05) is 39.8 Å². The highest BCUT2D eigenvalue weighted by atomic mass is 35.5. The summed E-state index contributed by atoms with van der Waals surface area (Å²) in [6, 6.07) is 5.24. The highest BCUT2D eigenvalue weighted by Crippen LogP contribution is 2.27. The first-order chi connectivity index (χ1) is 13.1. The maximum Gasteiger partial charge on any atom is 0.137 e. The van der Waals surface area contributed by atoms with Gasteiger partial charge in [-0.15, -0.1) is 6.42 Å². The molecule has 0 saturated carbocycles. The molecule has 5 heteroatoms. The molecule has 0 atom stereocenters. The quantitative estimate of drug-likeness (QED) is 0.321. The molecule has 0 amide bonds. The summed E-state index contributed by atoms with van der Waals surface area (Å²) >= 11 is 11.9. The van der Waals surface area contributed by atoms with E-state index in [2.05, 4.69) is 30.0 Å². The summed E-state index contributed by atoms with van der Waals surface area (Å²) in [5.74, 6) is 3.36. The van der Waals surface area contributed by atoms with Crippen molar-refractivity contribution in [1.82, 2.24) is 10.2 Å². The number of terminal acetylenes is 1. The Morgan fingerprint density at radius 3 is 2.30 bits per heavy atom. The molecule has 0 aliphatic heterocycles. The number of unbranched alkanes of at least 4 members (excludes halogenated alkanes) is 3. The van der Waals surface area contributed by atoms with Crippen molar-refractivity contribution in [1.29, 1.82) is 0 Å². The zero-order valence-electron chi connectivity index (χ0n) is 17.2. The Hall–Kier alpha value is -0.920. The Morgan fingerprint density at radius 2 is 1.74 bits per heavy atom. The summed E-state index contributed by atoms with van der Waals surface area (Å²) < 4.78 is 5.66. The number of nitrogens with zero attached hydrogens (tertiary/aromatic N) is 1. The van der Waals surface area contributed by atoms with E-state index in [-0.39, 0.29) is 0 Å². The van der Waals surface area contributed by atoms with Crippen LogP contribution in [0.3, 0.4) is 0 Å². The SMILES string of the molecule is C#CCN(CCCNC)CCCOc1ccc(Cl)cc1Cl.CCCCCC. The van der Waals surface area contributed by atoms with Crippen LogP contribution in [-0.2, 0) is 0 Å². The van der Waals surface area contributed by atoms with Gasteiger partial charge in [-0.25, -0.2) is 0 Å². The van der Waals surface area contributed by atoms with E-state index in [4.69, 9.17) is 34.4 Å². The van der Waals surface area contributed by atoms with Crippen molar-refractivity contribution in [2.45, 2.75) is 52.4 Å². The fourth-order valence-corrected chi connectivity index (χ4v) is 2.90. The zero-order valence-corrected chi connectivity index (χ0v) is 18.7. The minimum Gasteiger partial charge on any atom is -0.492 e. The van der Waals surface area contributed by atoms with E-state index in [0.717, 1.165) is 32.5 Å². The van der Waals surface area contributed by atoms with Gasteiger partial charge in [0.05, 0.1) is 18.2 Å². The monoisotopic (exact) mass is 414 g/mol. The van der Waals surface area contributed by atoms with Gasteiger partial charge in [0.2, 0.25) is 0 Å². The summed E-state index contributed by atoms with van der Waals surface area (Å²) in [7, 11) is 1.95. The van der Waals surface area contributed by atoms with Crippen LogP contribution in [0.1, 0.15) is 52.4 Å². The van der Waals surface area contributed by atoms with Crippen molar-refractivity contribution in [3.8, 4) is 18.1 Å². The number of nitrogens with one attached hydrogen (secondary N) is 1.